The lowest BCUT2D eigenvalue weighted by Gasteiger charge is -2.17. The molecule has 0 saturated carbocycles. The van der Waals surface area contributed by atoms with E-state index < -0.39 is 35.5 Å². The van der Waals surface area contributed by atoms with Crippen molar-refractivity contribution in [3.63, 3.8) is 0 Å². The van der Waals surface area contributed by atoms with Crippen molar-refractivity contribution < 1.29 is 38.9 Å². The topological polar surface area (TPSA) is 127 Å². The Morgan fingerprint density at radius 1 is 1.11 bits per heavy atom. The molecule has 27 heavy (non-hydrogen) atoms. The normalized spacial score (nSPS) is 22.6. The number of carbonyl (C=O) groups excluding carboxylic acids is 4. The van der Waals surface area contributed by atoms with Gasteiger partial charge >= 0.3 is 5.97 Å². The number of fused-ring (bicyclic) bond motifs is 1. The van der Waals surface area contributed by atoms with Gasteiger partial charge in [-0.05, 0) is 37.8 Å². The van der Waals surface area contributed by atoms with Gasteiger partial charge in [-0.2, -0.15) is 0 Å². The van der Waals surface area contributed by atoms with Gasteiger partial charge in [0.2, 0.25) is 11.6 Å². The summed E-state index contributed by atoms with van der Waals surface area (Å²) < 4.78 is 10.2. The van der Waals surface area contributed by atoms with Crippen LogP contribution in [-0.2, 0) is 25.5 Å². The third-order valence-corrected chi connectivity index (χ3v) is 4.44. The molecule has 0 aromatic heterocycles. The molecule has 0 amide bonds. The summed E-state index contributed by atoms with van der Waals surface area (Å²) in [5.74, 6) is -3.10. The lowest BCUT2D eigenvalue weighted by molar-refractivity contribution is -0.142. The van der Waals surface area contributed by atoms with Crippen molar-refractivity contribution in [2.24, 2.45) is 0 Å². The molecule has 1 aromatic carbocycles. The fourth-order valence-electron chi connectivity index (χ4n) is 2.85. The minimum absolute atomic E-state index is 0.105. The first kappa shape index (κ1) is 20.6. The minimum Gasteiger partial charge on any atom is -0.507 e. The van der Waals surface area contributed by atoms with E-state index in [1.54, 1.807) is 0 Å². The number of Topliss-reactive ketones (excluding diaryl/α,β-unsaturated/α-hetero) is 3. The van der Waals surface area contributed by atoms with E-state index in [2.05, 4.69) is 0 Å². The van der Waals surface area contributed by atoms with Gasteiger partial charge in [0.15, 0.2) is 11.9 Å². The molecule has 1 heterocycles. The lowest BCUT2D eigenvalue weighted by Crippen LogP contribution is -2.31. The summed E-state index contributed by atoms with van der Waals surface area (Å²) in [5, 5.41) is 20.0. The number of ketones is 3. The fourth-order valence-corrected chi connectivity index (χ4v) is 2.85. The number of methoxy groups -OCH3 is 1. The molecule has 0 fully saturated rings. The number of aliphatic hydroxyl groups is 1. The fraction of sp³-hybridized carbons (Fsp3) is 0.474. The number of cyclic esters (lactones) is 1. The number of hydrogen-bond donors (Lipinski definition) is 2. The Hall–Kier alpha value is -2.74. The van der Waals surface area contributed by atoms with Crippen LogP contribution in [0.4, 0.5) is 0 Å². The van der Waals surface area contributed by atoms with Crippen molar-refractivity contribution in [3.8, 4) is 11.5 Å². The van der Waals surface area contributed by atoms with E-state index in [-0.39, 0.29) is 43.4 Å². The highest BCUT2D eigenvalue weighted by Gasteiger charge is 2.28. The van der Waals surface area contributed by atoms with Gasteiger partial charge in [0.25, 0.3) is 0 Å². The summed E-state index contributed by atoms with van der Waals surface area (Å²) in [4.78, 5) is 48.4. The second-order valence-electron chi connectivity index (χ2n) is 6.39. The maximum atomic E-state index is 12.5. The van der Waals surface area contributed by atoms with Gasteiger partial charge in [-0.1, -0.05) is 0 Å². The molecule has 2 atom stereocenters. The van der Waals surface area contributed by atoms with Crippen LogP contribution in [-0.4, -0.2) is 52.8 Å². The zero-order valence-corrected chi connectivity index (χ0v) is 15.2. The smallest absolute Gasteiger partial charge is 0.342 e. The molecule has 0 spiro atoms. The van der Waals surface area contributed by atoms with E-state index in [1.165, 1.54) is 26.2 Å². The van der Waals surface area contributed by atoms with Gasteiger partial charge in [0.05, 0.1) is 7.11 Å². The Kier molecular flexibility index (Phi) is 6.68. The zero-order valence-electron chi connectivity index (χ0n) is 15.2. The first-order valence-corrected chi connectivity index (χ1v) is 8.63. The van der Waals surface area contributed by atoms with Crippen LogP contribution in [0.1, 0.15) is 48.5 Å². The molecule has 2 rings (SSSR count). The van der Waals surface area contributed by atoms with Crippen LogP contribution in [0.15, 0.2) is 12.1 Å². The molecule has 1 aliphatic rings. The minimum atomic E-state index is -1.55. The van der Waals surface area contributed by atoms with Crippen LogP contribution >= 0.6 is 0 Å². The van der Waals surface area contributed by atoms with E-state index in [0.29, 0.717) is 11.3 Å². The molecule has 0 bridgehead atoms. The molecule has 2 N–H and O–H groups in total. The number of benzene rings is 1. The number of rotatable bonds is 1. The highest BCUT2D eigenvalue weighted by atomic mass is 16.5. The Labute approximate surface area is 156 Å². The monoisotopic (exact) mass is 378 g/mol. The largest absolute Gasteiger partial charge is 0.507 e. The van der Waals surface area contributed by atoms with E-state index >= 15 is 0 Å². The summed E-state index contributed by atoms with van der Waals surface area (Å²) >= 11 is 0. The Balaban J connectivity index is 2.40. The second-order valence-corrected chi connectivity index (χ2v) is 6.39. The molecule has 8 nitrogen and oxygen atoms in total. The van der Waals surface area contributed by atoms with Crippen molar-refractivity contribution in [1.82, 2.24) is 0 Å². The van der Waals surface area contributed by atoms with Gasteiger partial charge in [-0.25, -0.2) is 4.79 Å². The second kappa shape index (κ2) is 8.77. The van der Waals surface area contributed by atoms with Gasteiger partial charge in [-0.15, -0.1) is 0 Å². The highest BCUT2D eigenvalue weighted by molar-refractivity contribution is 6.38. The van der Waals surface area contributed by atoms with Crippen LogP contribution in [0, 0.1) is 0 Å². The van der Waals surface area contributed by atoms with E-state index in [4.69, 9.17) is 9.47 Å². The molecular formula is C19H22O8. The Morgan fingerprint density at radius 3 is 2.48 bits per heavy atom. The molecule has 146 valence electrons. The van der Waals surface area contributed by atoms with Crippen molar-refractivity contribution in [1.29, 1.82) is 0 Å². The highest BCUT2D eigenvalue weighted by Crippen LogP contribution is 2.30. The Bertz CT molecular complexity index is 767. The summed E-state index contributed by atoms with van der Waals surface area (Å²) in [6.07, 6.45) is -2.85. The summed E-state index contributed by atoms with van der Waals surface area (Å²) in [7, 11) is 1.40. The molecule has 1 unspecified atom stereocenters. The molecule has 0 aliphatic carbocycles. The average molecular weight is 378 g/mol. The number of hydrogen-bond acceptors (Lipinski definition) is 8. The predicted molar refractivity (Wildman–Crippen MR) is 92.7 cm³/mol. The molecule has 0 saturated heterocycles. The van der Waals surface area contributed by atoms with Crippen LogP contribution < -0.4 is 4.74 Å². The van der Waals surface area contributed by atoms with Gasteiger partial charge < -0.3 is 19.7 Å². The quantitative estimate of drug-likeness (QED) is 0.550. The number of phenolic OH excluding ortho intramolecular Hbond substituents is 1. The average Bonchev–Trinajstić information content (AvgIpc) is 2.63. The maximum Gasteiger partial charge on any atom is 0.342 e. The Morgan fingerprint density at radius 2 is 1.81 bits per heavy atom. The molecule has 8 heteroatoms. The van der Waals surface area contributed by atoms with Crippen LogP contribution in [0.3, 0.4) is 0 Å². The number of aromatic hydroxyl groups is 1. The maximum absolute atomic E-state index is 12.5. The number of aliphatic hydroxyl groups excluding tert-OH is 1. The van der Waals surface area contributed by atoms with Crippen LogP contribution in [0.2, 0.25) is 0 Å². The zero-order chi connectivity index (χ0) is 20.1. The van der Waals surface area contributed by atoms with Crippen molar-refractivity contribution >= 4 is 23.3 Å². The first-order valence-electron chi connectivity index (χ1n) is 8.63. The van der Waals surface area contributed by atoms with Crippen molar-refractivity contribution in [2.75, 3.05) is 7.11 Å². The molecule has 0 radical (unpaired) electrons. The first-order chi connectivity index (χ1) is 12.7. The number of aryl methyl sites for hydroxylation is 1. The number of esters is 1. The van der Waals surface area contributed by atoms with Crippen molar-refractivity contribution in [2.45, 2.75) is 51.2 Å². The predicted octanol–water partition coefficient (Wildman–Crippen LogP) is 1.13. The summed E-state index contributed by atoms with van der Waals surface area (Å²) in [6.45, 7) is 1.37. The third kappa shape index (κ3) is 4.91. The molecular weight excluding hydrogens is 356 g/mol. The summed E-state index contributed by atoms with van der Waals surface area (Å²) in [6, 6.07) is 2.77. The van der Waals surface area contributed by atoms with Gasteiger partial charge in [0, 0.05) is 18.9 Å². The third-order valence-electron chi connectivity index (χ3n) is 4.44. The van der Waals surface area contributed by atoms with Crippen LogP contribution in [0.25, 0.3) is 0 Å². The molecule has 1 aliphatic heterocycles. The van der Waals surface area contributed by atoms with Crippen LogP contribution in [0.5, 0.6) is 11.5 Å². The summed E-state index contributed by atoms with van der Waals surface area (Å²) in [5.41, 5.74) is 0.265. The lowest BCUT2D eigenvalue weighted by atomic mass is 9.96. The van der Waals surface area contributed by atoms with E-state index in [1.807, 2.05) is 0 Å². The molecule has 1 aromatic rings. The van der Waals surface area contributed by atoms with Gasteiger partial charge in [0.1, 0.15) is 23.2 Å². The van der Waals surface area contributed by atoms with E-state index in [9.17, 15) is 29.4 Å². The standard InChI is InChI=1S/C19H22O8/c1-10-13(20)6-7-15(22)18(24)14(21)5-3-4-11-8-12(26-2)9-16(23)17(11)19(25)27-10/h8-10,15,22-23H,3-7H2,1-2H3/t10-,15?/m0/s1. The number of carbonyl (C=O) groups is 4. The SMILES string of the molecule is COc1cc(O)c2c(c1)CCCC(=O)C(=O)C(O)CCC(=O)[C@H](C)OC2=O. The van der Waals surface area contributed by atoms with Gasteiger partial charge in [-0.3, -0.25) is 14.4 Å². The number of phenols is 1. The van der Waals surface area contributed by atoms with Crippen molar-refractivity contribution in [3.05, 3.63) is 23.3 Å². The number of ether oxygens (including phenoxy) is 2. The van der Waals surface area contributed by atoms with E-state index in [0.717, 1.165) is 0 Å².